The van der Waals surface area contributed by atoms with Gasteiger partial charge in [0.2, 0.25) is 0 Å². The predicted molar refractivity (Wildman–Crippen MR) is 69.2 cm³/mol. The molecule has 1 atom stereocenters. The fraction of sp³-hybridized carbons (Fsp3) is 0.417. The summed E-state index contributed by atoms with van der Waals surface area (Å²) in [5.41, 5.74) is 3.17. The fourth-order valence-corrected chi connectivity index (χ4v) is 2.02. The highest BCUT2D eigenvalue weighted by atomic mass is 35.5. The molecule has 94 valence electrons. The van der Waals surface area contributed by atoms with Crippen LogP contribution in [0.5, 0.6) is 0 Å². The summed E-state index contributed by atoms with van der Waals surface area (Å²) in [5.74, 6) is -0.381. The van der Waals surface area contributed by atoms with E-state index in [1.165, 1.54) is 7.11 Å². The number of hydrogen-bond acceptors (Lipinski definition) is 2. The summed E-state index contributed by atoms with van der Waals surface area (Å²) in [4.78, 5) is 16.5. The Morgan fingerprint density at radius 2 is 1.94 bits per heavy atom. The van der Waals surface area contributed by atoms with E-state index in [1.54, 1.807) is 18.2 Å². The molecule has 1 aromatic rings. The van der Waals surface area contributed by atoms with Crippen molar-refractivity contribution in [1.82, 2.24) is 5.48 Å². The number of carbonyl (C=O) groups is 1. The highest BCUT2D eigenvalue weighted by molar-refractivity contribution is 6.42. The van der Waals surface area contributed by atoms with Crippen LogP contribution in [0.25, 0.3) is 0 Å². The molecule has 1 unspecified atom stereocenters. The number of benzene rings is 1. The van der Waals surface area contributed by atoms with Gasteiger partial charge in [-0.3, -0.25) is 9.63 Å². The van der Waals surface area contributed by atoms with Crippen molar-refractivity contribution in [3.8, 4) is 0 Å². The van der Waals surface area contributed by atoms with Crippen molar-refractivity contribution in [2.45, 2.75) is 19.8 Å². The SMILES string of the molecule is CONC(=O)C(c1ccc(Cl)c(Cl)c1)C(C)C. The van der Waals surface area contributed by atoms with Gasteiger partial charge < -0.3 is 0 Å². The van der Waals surface area contributed by atoms with Gasteiger partial charge in [-0.2, -0.15) is 0 Å². The molecule has 0 saturated carbocycles. The van der Waals surface area contributed by atoms with Crippen LogP contribution >= 0.6 is 23.2 Å². The van der Waals surface area contributed by atoms with E-state index in [4.69, 9.17) is 23.2 Å². The molecule has 1 aromatic carbocycles. The Labute approximate surface area is 111 Å². The first-order valence-corrected chi connectivity index (χ1v) is 6.00. The molecule has 0 saturated heterocycles. The van der Waals surface area contributed by atoms with Crippen LogP contribution in [0.1, 0.15) is 25.3 Å². The van der Waals surface area contributed by atoms with Crippen molar-refractivity contribution < 1.29 is 9.63 Å². The van der Waals surface area contributed by atoms with Gasteiger partial charge in [-0.25, -0.2) is 5.48 Å². The third-order valence-corrected chi connectivity index (χ3v) is 3.19. The smallest absolute Gasteiger partial charge is 0.251 e. The van der Waals surface area contributed by atoms with Crippen LogP contribution in [0.4, 0.5) is 0 Å². The number of hydrogen-bond donors (Lipinski definition) is 1. The third kappa shape index (κ3) is 3.60. The molecule has 5 heteroatoms. The molecular formula is C12H15Cl2NO2. The molecule has 0 aliphatic rings. The largest absolute Gasteiger partial charge is 0.277 e. The molecule has 1 amide bonds. The number of rotatable bonds is 4. The Morgan fingerprint density at radius 1 is 1.29 bits per heavy atom. The van der Waals surface area contributed by atoms with E-state index in [0.29, 0.717) is 10.0 Å². The normalized spacial score (nSPS) is 12.6. The number of halogens is 2. The molecule has 0 aliphatic carbocycles. The molecule has 1 rings (SSSR count). The molecule has 0 heterocycles. The molecule has 0 aliphatic heterocycles. The Balaban J connectivity index is 3.05. The van der Waals surface area contributed by atoms with E-state index >= 15 is 0 Å². The third-order valence-electron chi connectivity index (χ3n) is 2.45. The van der Waals surface area contributed by atoms with Gasteiger partial charge in [-0.15, -0.1) is 0 Å². The van der Waals surface area contributed by atoms with E-state index < -0.39 is 0 Å². The van der Waals surface area contributed by atoms with Crippen LogP contribution in [-0.2, 0) is 9.63 Å². The molecule has 0 fully saturated rings. The lowest BCUT2D eigenvalue weighted by Gasteiger charge is -2.20. The van der Waals surface area contributed by atoms with Gasteiger partial charge in [0.05, 0.1) is 23.1 Å². The van der Waals surface area contributed by atoms with Crippen LogP contribution < -0.4 is 5.48 Å². The first-order chi connectivity index (χ1) is 7.97. The number of carbonyl (C=O) groups excluding carboxylic acids is 1. The summed E-state index contributed by atoms with van der Waals surface area (Å²) in [6.45, 7) is 3.92. The maximum absolute atomic E-state index is 11.9. The molecule has 0 bridgehead atoms. The highest BCUT2D eigenvalue weighted by Crippen LogP contribution is 2.30. The van der Waals surface area contributed by atoms with Crippen molar-refractivity contribution in [3.63, 3.8) is 0 Å². The predicted octanol–water partition coefficient (Wildman–Crippen LogP) is 3.41. The Hall–Kier alpha value is -0.770. The van der Waals surface area contributed by atoms with Crippen molar-refractivity contribution >= 4 is 29.1 Å². The van der Waals surface area contributed by atoms with Gasteiger partial charge in [0.25, 0.3) is 5.91 Å². The van der Waals surface area contributed by atoms with Crippen molar-refractivity contribution in [1.29, 1.82) is 0 Å². The Morgan fingerprint density at radius 3 is 2.41 bits per heavy atom. The zero-order valence-electron chi connectivity index (χ0n) is 9.96. The van der Waals surface area contributed by atoms with Gasteiger partial charge in [0, 0.05) is 0 Å². The quantitative estimate of drug-likeness (QED) is 0.856. The van der Waals surface area contributed by atoms with E-state index in [2.05, 4.69) is 10.3 Å². The van der Waals surface area contributed by atoms with E-state index in [0.717, 1.165) is 5.56 Å². The lowest BCUT2D eigenvalue weighted by Crippen LogP contribution is -2.31. The number of nitrogens with one attached hydrogen (secondary N) is 1. The van der Waals surface area contributed by atoms with Crippen LogP contribution in [0, 0.1) is 5.92 Å². The molecule has 0 aromatic heterocycles. The second kappa shape index (κ2) is 6.24. The minimum absolute atomic E-state index is 0.127. The summed E-state index contributed by atoms with van der Waals surface area (Å²) in [6.07, 6.45) is 0. The van der Waals surface area contributed by atoms with Gasteiger partial charge in [0.1, 0.15) is 0 Å². The lowest BCUT2D eigenvalue weighted by atomic mass is 9.88. The lowest BCUT2D eigenvalue weighted by molar-refractivity contribution is -0.133. The van der Waals surface area contributed by atoms with Crippen molar-refractivity contribution in [2.75, 3.05) is 7.11 Å². The summed E-state index contributed by atoms with van der Waals surface area (Å²) in [7, 11) is 1.41. The molecule has 3 nitrogen and oxygen atoms in total. The van der Waals surface area contributed by atoms with E-state index in [1.807, 2.05) is 13.8 Å². The highest BCUT2D eigenvalue weighted by Gasteiger charge is 2.24. The minimum Gasteiger partial charge on any atom is -0.277 e. The standard InChI is InChI=1S/C12H15Cl2NO2/c1-7(2)11(12(16)15-17-3)8-4-5-9(13)10(14)6-8/h4-7,11H,1-3H3,(H,15,16). The van der Waals surface area contributed by atoms with E-state index in [9.17, 15) is 4.79 Å². The minimum atomic E-state index is -0.315. The second-order valence-corrected chi connectivity index (χ2v) is 4.88. The molecule has 0 spiro atoms. The number of amides is 1. The van der Waals surface area contributed by atoms with Crippen molar-refractivity contribution in [3.05, 3.63) is 33.8 Å². The van der Waals surface area contributed by atoms with Gasteiger partial charge >= 0.3 is 0 Å². The van der Waals surface area contributed by atoms with E-state index in [-0.39, 0.29) is 17.7 Å². The van der Waals surface area contributed by atoms with Gasteiger partial charge in [-0.1, -0.05) is 43.1 Å². The second-order valence-electron chi connectivity index (χ2n) is 4.07. The molecule has 1 N–H and O–H groups in total. The molecule has 17 heavy (non-hydrogen) atoms. The van der Waals surface area contributed by atoms with Crippen LogP contribution in [0.3, 0.4) is 0 Å². The molecular weight excluding hydrogens is 261 g/mol. The first kappa shape index (κ1) is 14.3. The van der Waals surface area contributed by atoms with Crippen LogP contribution in [0.2, 0.25) is 10.0 Å². The summed E-state index contributed by atoms with van der Waals surface area (Å²) in [5, 5.41) is 0.921. The zero-order chi connectivity index (χ0) is 13.0. The summed E-state index contributed by atoms with van der Waals surface area (Å²) in [6, 6.07) is 5.20. The molecule has 0 radical (unpaired) electrons. The summed E-state index contributed by atoms with van der Waals surface area (Å²) >= 11 is 11.8. The average molecular weight is 276 g/mol. The average Bonchev–Trinajstić information content (AvgIpc) is 2.23. The summed E-state index contributed by atoms with van der Waals surface area (Å²) < 4.78 is 0. The van der Waals surface area contributed by atoms with Gasteiger partial charge in [-0.05, 0) is 23.6 Å². The maximum Gasteiger partial charge on any atom is 0.251 e. The van der Waals surface area contributed by atoms with Crippen LogP contribution in [0.15, 0.2) is 18.2 Å². The fourth-order valence-electron chi connectivity index (χ4n) is 1.71. The topological polar surface area (TPSA) is 38.3 Å². The van der Waals surface area contributed by atoms with Crippen molar-refractivity contribution in [2.24, 2.45) is 5.92 Å². The van der Waals surface area contributed by atoms with Crippen LogP contribution in [-0.4, -0.2) is 13.0 Å². The Kier molecular flexibility index (Phi) is 5.25. The monoisotopic (exact) mass is 275 g/mol. The first-order valence-electron chi connectivity index (χ1n) is 5.25. The zero-order valence-corrected chi connectivity index (χ0v) is 11.5. The number of hydroxylamine groups is 1. The van der Waals surface area contributed by atoms with Gasteiger partial charge in [0.15, 0.2) is 0 Å². The maximum atomic E-state index is 11.9. The Bertz CT molecular complexity index is 407.